The van der Waals surface area contributed by atoms with Crippen molar-refractivity contribution in [1.29, 1.82) is 0 Å². The summed E-state index contributed by atoms with van der Waals surface area (Å²) in [6.07, 6.45) is 1.69. The summed E-state index contributed by atoms with van der Waals surface area (Å²) in [5.41, 5.74) is 10.3. The molecule has 0 saturated carbocycles. The first-order valence-electron chi connectivity index (χ1n) is 5.00. The first kappa shape index (κ1) is 11.0. The van der Waals surface area contributed by atoms with Gasteiger partial charge in [0, 0.05) is 18.5 Å². The lowest BCUT2D eigenvalue weighted by molar-refractivity contribution is 0.312. The van der Waals surface area contributed by atoms with Crippen LogP contribution in [0, 0.1) is 0 Å². The first-order valence-corrected chi connectivity index (χ1v) is 5.94. The van der Waals surface area contributed by atoms with Crippen molar-refractivity contribution < 1.29 is 0 Å². The van der Waals surface area contributed by atoms with Crippen LogP contribution in [0.5, 0.6) is 0 Å². The van der Waals surface area contributed by atoms with Gasteiger partial charge in [0.25, 0.3) is 0 Å². The van der Waals surface area contributed by atoms with E-state index in [-0.39, 0.29) is 0 Å². The van der Waals surface area contributed by atoms with E-state index in [1.54, 1.807) is 17.5 Å². The van der Waals surface area contributed by atoms with Crippen molar-refractivity contribution in [3.63, 3.8) is 0 Å². The van der Waals surface area contributed by atoms with E-state index < -0.39 is 0 Å². The predicted molar refractivity (Wildman–Crippen MR) is 65.9 cm³/mol. The van der Waals surface area contributed by atoms with Gasteiger partial charge >= 0.3 is 0 Å². The van der Waals surface area contributed by atoms with E-state index in [1.807, 2.05) is 17.6 Å². The highest BCUT2D eigenvalue weighted by atomic mass is 32.1. The molecule has 0 fully saturated rings. The second kappa shape index (κ2) is 5.05. The van der Waals surface area contributed by atoms with Crippen LogP contribution in [0.2, 0.25) is 0 Å². The first-order chi connectivity index (χ1) is 7.74. The molecule has 0 aromatic carbocycles. The van der Waals surface area contributed by atoms with Gasteiger partial charge in [-0.25, -0.2) is 4.98 Å². The largest absolute Gasteiger partial charge is 0.397 e. The van der Waals surface area contributed by atoms with Crippen LogP contribution in [0.25, 0.3) is 0 Å². The van der Waals surface area contributed by atoms with Gasteiger partial charge in [-0.2, -0.15) is 0 Å². The standard InChI is InChI=1S/C11H14N4S/c1-15(6-11-7-16-8-14-11)5-10-3-2-9(12)4-13-10/h2-4,7-8H,5-6,12H2,1H3. The molecule has 0 saturated heterocycles. The summed E-state index contributed by atoms with van der Waals surface area (Å²) in [6, 6.07) is 3.83. The van der Waals surface area contributed by atoms with Gasteiger partial charge in [0.05, 0.1) is 28.8 Å². The van der Waals surface area contributed by atoms with Crippen LogP contribution in [0.15, 0.2) is 29.2 Å². The van der Waals surface area contributed by atoms with Crippen LogP contribution in [0.4, 0.5) is 5.69 Å². The number of rotatable bonds is 4. The minimum atomic E-state index is 0.700. The van der Waals surface area contributed by atoms with Crippen molar-refractivity contribution in [1.82, 2.24) is 14.9 Å². The lowest BCUT2D eigenvalue weighted by atomic mass is 10.3. The van der Waals surface area contributed by atoms with Gasteiger partial charge in [-0.15, -0.1) is 11.3 Å². The number of nitrogens with two attached hydrogens (primary N) is 1. The molecular weight excluding hydrogens is 220 g/mol. The number of nitrogens with zero attached hydrogens (tertiary/aromatic N) is 3. The number of pyridine rings is 1. The molecule has 5 heteroatoms. The number of anilines is 1. The molecule has 0 aliphatic carbocycles. The Hall–Kier alpha value is -1.46. The summed E-state index contributed by atoms with van der Waals surface area (Å²) in [5.74, 6) is 0. The molecular formula is C11H14N4S. The average Bonchev–Trinajstić information content (AvgIpc) is 2.74. The molecule has 0 aliphatic heterocycles. The molecule has 2 N–H and O–H groups in total. The SMILES string of the molecule is CN(Cc1ccc(N)cn1)Cc1cscn1. The molecule has 0 spiro atoms. The van der Waals surface area contributed by atoms with Crippen LogP contribution in [-0.2, 0) is 13.1 Å². The van der Waals surface area contributed by atoms with Crippen molar-refractivity contribution >= 4 is 17.0 Å². The van der Waals surface area contributed by atoms with E-state index in [2.05, 4.69) is 27.3 Å². The topological polar surface area (TPSA) is 55.0 Å². The Bertz CT molecular complexity index is 424. The third kappa shape index (κ3) is 3.01. The Balaban J connectivity index is 1.92. The molecule has 0 unspecified atom stereocenters. The third-order valence-electron chi connectivity index (χ3n) is 2.19. The Kier molecular flexibility index (Phi) is 3.48. The molecule has 16 heavy (non-hydrogen) atoms. The number of hydrogen-bond donors (Lipinski definition) is 1. The number of aromatic nitrogens is 2. The van der Waals surface area contributed by atoms with Crippen molar-refractivity contribution in [2.75, 3.05) is 12.8 Å². The fourth-order valence-corrected chi connectivity index (χ4v) is 2.00. The Morgan fingerprint density at radius 3 is 2.69 bits per heavy atom. The second-order valence-electron chi connectivity index (χ2n) is 3.73. The third-order valence-corrected chi connectivity index (χ3v) is 2.83. The van der Waals surface area contributed by atoms with Gasteiger partial charge in [0.2, 0.25) is 0 Å². The predicted octanol–water partition coefficient (Wildman–Crippen LogP) is 1.75. The molecule has 0 radical (unpaired) electrons. The summed E-state index contributed by atoms with van der Waals surface area (Å²) < 4.78 is 0. The highest BCUT2D eigenvalue weighted by molar-refractivity contribution is 7.07. The van der Waals surface area contributed by atoms with Crippen LogP contribution >= 0.6 is 11.3 Å². The fraction of sp³-hybridized carbons (Fsp3) is 0.273. The highest BCUT2D eigenvalue weighted by Crippen LogP contribution is 2.08. The van der Waals surface area contributed by atoms with E-state index in [0.717, 1.165) is 24.5 Å². The maximum Gasteiger partial charge on any atom is 0.0795 e. The molecule has 84 valence electrons. The zero-order valence-corrected chi connectivity index (χ0v) is 9.94. The van der Waals surface area contributed by atoms with Crippen LogP contribution in [0.1, 0.15) is 11.4 Å². The van der Waals surface area contributed by atoms with Gasteiger partial charge in [-0.1, -0.05) is 0 Å². The zero-order chi connectivity index (χ0) is 11.4. The van der Waals surface area contributed by atoms with Crippen LogP contribution in [-0.4, -0.2) is 21.9 Å². The summed E-state index contributed by atoms with van der Waals surface area (Å²) in [7, 11) is 2.05. The Morgan fingerprint density at radius 2 is 2.06 bits per heavy atom. The Labute approximate surface area is 98.8 Å². The van der Waals surface area contributed by atoms with Crippen LogP contribution in [0.3, 0.4) is 0 Å². The molecule has 0 aliphatic rings. The van der Waals surface area contributed by atoms with Gasteiger partial charge < -0.3 is 5.73 Å². The normalized spacial score (nSPS) is 10.9. The van der Waals surface area contributed by atoms with E-state index in [4.69, 9.17) is 5.73 Å². The average molecular weight is 234 g/mol. The fourth-order valence-electron chi connectivity index (χ4n) is 1.45. The number of thiazole rings is 1. The molecule has 2 aromatic rings. The van der Waals surface area contributed by atoms with Crippen molar-refractivity contribution in [3.8, 4) is 0 Å². The molecule has 2 heterocycles. The summed E-state index contributed by atoms with van der Waals surface area (Å²) in [5, 5.41) is 2.06. The van der Waals surface area contributed by atoms with Crippen LogP contribution < -0.4 is 5.73 Å². The van der Waals surface area contributed by atoms with Gasteiger partial charge in [-0.05, 0) is 19.2 Å². The molecule has 0 bridgehead atoms. The van der Waals surface area contributed by atoms with E-state index in [9.17, 15) is 0 Å². The number of nitrogen functional groups attached to an aromatic ring is 1. The van der Waals surface area contributed by atoms with Crippen molar-refractivity contribution in [3.05, 3.63) is 40.6 Å². The van der Waals surface area contributed by atoms with E-state index in [0.29, 0.717) is 5.69 Å². The molecule has 4 nitrogen and oxygen atoms in total. The van der Waals surface area contributed by atoms with Gasteiger partial charge in [0.15, 0.2) is 0 Å². The number of hydrogen-bond acceptors (Lipinski definition) is 5. The van der Waals surface area contributed by atoms with E-state index in [1.165, 1.54) is 0 Å². The lowest BCUT2D eigenvalue weighted by Gasteiger charge is -2.14. The zero-order valence-electron chi connectivity index (χ0n) is 9.13. The molecule has 2 rings (SSSR count). The van der Waals surface area contributed by atoms with Gasteiger partial charge in [-0.3, -0.25) is 9.88 Å². The summed E-state index contributed by atoms with van der Waals surface area (Å²) in [4.78, 5) is 10.7. The minimum absolute atomic E-state index is 0.700. The second-order valence-corrected chi connectivity index (χ2v) is 4.45. The lowest BCUT2D eigenvalue weighted by Crippen LogP contribution is -2.18. The molecule has 0 amide bonds. The van der Waals surface area contributed by atoms with Gasteiger partial charge in [0.1, 0.15) is 0 Å². The minimum Gasteiger partial charge on any atom is -0.397 e. The smallest absolute Gasteiger partial charge is 0.0795 e. The maximum absolute atomic E-state index is 5.58. The quantitative estimate of drug-likeness (QED) is 0.875. The molecule has 2 aromatic heterocycles. The summed E-state index contributed by atoms with van der Waals surface area (Å²) in [6.45, 7) is 1.65. The van der Waals surface area contributed by atoms with Crippen molar-refractivity contribution in [2.45, 2.75) is 13.1 Å². The monoisotopic (exact) mass is 234 g/mol. The summed E-state index contributed by atoms with van der Waals surface area (Å²) >= 11 is 1.62. The Morgan fingerprint density at radius 1 is 1.25 bits per heavy atom. The maximum atomic E-state index is 5.58. The molecule has 0 atom stereocenters. The van der Waals surface area contributed by atoms with E-state index >= 15 is 0 Å². The van der Waals surface area contributed by atoms with Crippen molar-refractivity contribution in [2.24, 2.45) is 0 Å². The highest BCUT2D eigenvalue weighted by Gasteiger charge is 2.03.